The number of fused-ring (bicyclic) bond motifs is 1. The number of hydrogen-bond donors (Lipinski definition) is 0. The van der Waals surface area contributed by atoms with E-state index in [1.807, 2.05) is 19.1 Å². The lowest BCUT2D eigenvalue weighted by Crippen LogP contribution is -2.14. The molecule has 0 radical (unpaired) electrons. The number of nitrogens with zero attached hydrogens (tertiary/aromatic N) is 1. The molecule has 0 saturated heterocycles. The Morgan fingerprint density at radius 3 is 3.14 bits per heavy atom. The summed E-state index contributed by atoms with van der Waals surface area (Å²) in [5.41, 5.74) is 2.17. The van der Waals surface area contributed by atoms with Crippen LogP contribution in [0.2, 0.25) is 0 Å². The number of aromatic nitrogens is 1. The van der Waals surface area contributed by atoms with Crippen molar-refractivity contribution < 1.29 is 9.53 Å². The molecule has 0 bridgehead atoms. The minimum absolute atomic E-state index is 0.129. The van der Waals surface area contributed by atoms with Crippen LogP contribution in [0.3, 0.4) is 0 Å². The molecule has 1 atom stereocenters. The van der Waals surface area contributed by atoms with Crippen molar-refractivity contribution in [3.63, 3.8) is 0 Å². The number of carbonyl (C=O) groups excluding carboxylic acids is 1. The molecule has 2 aromatic rings. The van der Waals surface area contributed by atoms with Crippen LogP contribution < -0.4 is 0 Å². The van der Waals surface area contributed by atoms with Gasteiger partial charge in [-0.05, 0) is 37.5 Å². The summed E-state index contributed by atoms with van der Waals surface area (Å²) in [5.74, 6) is -0.289. The number of aryl methyl sites for hydroxylation is 1. The number of benzene rings is 1. The maximum Gasteiger partial charge on any atom is 0.315 e. The van der Waals surface area contributed by atoms with Gasteiger partial charge in [-0.2, -0.15) is 0 Å². The van der Waals surface area contributed by atoms with Gasteiger partial charge in [0.1, 0.15) is 5.92 Å². The highest BCUT2D eigenvalue weighted by Gasteiger charge is 2.33. The van der Waals surface area contributed by atoms with Crippen LogP contribution in [-0.2, 0) is 22.4 Å². The van der Waals surface area contributed by atoms with Gasteiger partial charge in [-0.1, -0.05) is 28.1 Å². The molecule has 21 heavy (non-hydrogen) atoms. The Bertz CT molecular complexity index is 668. The maximum absolute atomic E-state index is 12.0. The molecule has 5 heteroatoms. The number of carbonyl (C=O) groups is 1. The highest BCUT2D eigenvalue weighted by Crippen LogP contribution is 2.37. The quantitative estimate of drug-likeness (QED) is 0.766. The molecule has 1 aromatic carbocycles. The van der Waals surface area contributed by atoms with E-state index in [0.717, 1.165) is 34.4 Å². The van der Waals surface area contributed by atoms with Crippen molar-refractivity contribution in [1.29, 1.82) is 0 Å². The van der Waals surface area contributed by atoms with Crippen LogP contribution in [-0.4, -0.2) is 17.6 Å². The fraction of sp³-hybridized carbons (Fsp3) is 0.375. The molecular formula is C16H16BrNO2S. The van der Waals surface area contributed by atoms with Crippen LogP contribution in [0, 0.1) is 0 Å². The van der Waals surface area contributed by atoms with Gasteiger partial charge in [0.2, 0.25) is 0 Å². The second-order valence-corrected chi connectivity index (χ2v) is 7.15. The first-order valence-corrected chi connectivity index (χ1v) is 8.68. The zero-order valence-electron chi connectivity index (χ0n) is 11.8. The summed E-state index contributed by atoms with van der Waals surface area (Å²) in [6.07, 6.45) is 2.59. The van der Waals surface area contributed by atoms with Crippen molar-refractivity contribution in [2.24, 2.45) is 0 Å². The molecule has 0 saturated carbocycles. The van der Waals surface area contributed by atoms with Crippen LogP contribution in [0.4, 0.5) is 0 Å². The molecule has 1 aliphatic rings. The summed E-state index contributed by atoms with van der Waals surface area (Å²) in [5, 5.41) is 1.08. The zero-order chi connectivity index (χ0) is 14.8. The van der Waals surface area contributed by atoms with Gasteiger partial charge in [0, 0.05) is 15.8 Å². The first-order chi connectivity index (χ1) is 10.2. The summed E-state index contributed by atoms with van der Waals surface area (Å²) in [6.45, 7) is 2.27. The molecule has 0 amide bonds. The Morgan fingerprint density at radius 1 is 1.52 bits per heavy atom. The molecule has 1 aliphatic carbocycles. The number of esters is 1. The van der Waals surface area contributed by atoms with E-state index < -0.39 is 0 Å². The Morgan fingerprint density at radius 2 is 2.38 bits per heavy atom. The van der Waals surface area contributed by atoms with Crippen LogP contribution in [0.5, 0.6) is 0 Å². The molecule has 1 aromatic heterocycles. The third kappa shape index (κ3) is 3.19. The number of thiazole rings is 1. The lowest BCUT2D eigenvalue weighted by molar-refractivity contribution is -0.145. The van der Waals surface area contributed by atoms with Crippen LogP contribution in [0.1, 0.15) is 40.4 Å². The van der Waals surface area contributed by atoms with Gasteiger partial charge < -0.3 is 4.74 Å². The molecule has 110 valence electrons. The van der Waals surface area contributed by atoms with E-state index in [9.17, 15) is 4.79 Å². The highest BCUT2D eigenvalue weighted by molar-refractivity contribution is 9.10. The van der Waals surface area contributed by atoms with Crippen LogP contribution in [0.25, 0.3) is 0 Å². The summed E-state index contributed by atoms with van der Waals surface area (Å²) in [4.78, 5) is 17.9. The smallest absolute Gasteiger partial charge is 0.315 e. The van der Waals surface area contributed by atoms with Gasteiger partial charge in [-0.25, -0.2) is 4.98 Å². The predicted octanol–water partition coefficient (Wildman–Crippen LogP) is 4.09. The number of rotatable bonds is 4. The summed E-state index contributed by atoms with van der Waals surface area (Å²) < 4.78 is 6.22. The highest BCUT2D eigenvalue weighted by atomic mass is 79.9. The van der Waals surface area contributed by atoms with Crippen molar-refractivity contribution in [2.45, 2.75) is 32.1 Å². The molecule has 0 fully saturated rings. The van der Waals surface area contributed by atoms with Gasteiger partial charge in [0.05, 0.1) is 17.3 Å². The topological polar surface area (TPSA) is 39.2 Å². The fourth-order valence-electron chi connectivity index (χ4n) is 2.65. The first-order valence-electron chi connectivity index (χ1n) is 7.07. The Labute approximate surface area is 136 Å². The first kappa shape index (κ1) is 14.7. The number of ether oxygens (including phenoxy) is 1. The second-order valence-electron chi connectivity index (χ2n) is 5.07. The van der Waals surface area contributed by atoms with Crippen molar-refractivity contribution in [1.82, 2.24) is 4.98 Å². The standard InChI is InChI=1S/C16H16BrNO2S/c1-2-20-16(19)12-6-7-13-15(12)18-14(21-13)9-10-4-3-5-11(17)8-10/h3-5,8,12H,2,6-7,9H2,1H3. The Kier molecular flexibility index (Phi) is 4.40. The van der Waals surface area contributed by atoms with Gasteiger partial charge in [0.15, 0.2) is 0 Å². The van der Waals surface area contributed by atoms with E-state index in [4.69, 9.17) is 9.72 Å². The fourth-order valence-corrected chi connectivity index (χ4v) is 4.27. The minimum Gasteiger partial charge on any atom is -0.465 e. The Hall–Kier alpha value is -1.20. The molecule has 3 rings (SSSR count). The maximum atomic E-state index is 12.0. The molecule has 3 nitrogen and oxygen atoms in total. The largest absolute Gasteiger partial charge is 0.465 e. The zero-order valence-corrected chi connectivity index (χ0v) is 14.2. The van der Waals surface area contributed by atoms with E-state index >= 15 is 0 Å². The van der Waals surface area contributed by atoms with Crippen molar-refractivity contribution in [3.05, 3.63) is 49.9 Å². The van der Waals surface area contributed by atoms with E-state index in [0.29, 0.717) is 6.61 Å². The number of halogens is 1. The lowest BCUT2D eigenvalue weighted by atomic mass is 10.1. The molecule has 1 heterocycles. The van der Waals surface area contributed by atoms with E-state index in [-0.39, 0.29) is 11.9 Å². The van der Waals surface area contributed by atoms with Gasteiger partial charge in [0.25, 0.3) is 0 Å². The molecule has 1 unspecified atom stereocenters. The van der Waals surface area contributed by atoms with Gasteiger partial charge in [-0.3, -0.25) is 4.79 Å². The second kappa shape index (κ2) is 6.28. The predicted molar refractivity (Wildman–Crippen MR) is 86.8 cm³/mol. The monoisotopic (exact) mass is 365 g/mol. The molecular weight excluding hydrogens is 350 g/mol. The summed E-state index contributed by atoms with van der Waals surface area (Å²) >= 11 is 5.22. The van der Waals surface area contributed by atoms with Crippen LogP contribution >= 0.6 is 27.3 Å². The van der Waals surface area contributed by atoms with Gasteiger partial charge >= 0.3 is 5.97 Å². The Balaban J connectivity index is 1.79. The number of hydrogen-bond acceptors (Lipinski definition) is 4. The molecule has 0 spiro atoms. The average molecular weight is 366 g/mol. The van der Waals surface area contributed by atoms with E-state index in [2.05, 4.69) is 28.1 Å². The third-order valence-corrected chi connectivity index (χ3v) is 5.20. The minimum atomic E-state index is -0.160. The van der Waals surface area contributed by atoms with Gasteiger partial charge in [-0.15, -0.1) is 11.3 Å². The SMILES string of the molecule is CCOC(=O)C1CCc2sc(Cc3cccc(Br)c3)nc21. The van der Waals surface area contributed by atoms with Crippen LogP contribution in [0.15, 0.2) is 28.7 Å². The summed E-state index contributed by atoms with van der Waals surface area (Å²) in [7, 11) is 0. The van der Waals surface area contributed by atoms with Crippen molar-refractivity contribution in [2.75, 3.05) is 6.61 Å². The van der Waals surface area contributed by atoms with E-state index in [1.54, 1.807) is 11.3 Å². The summed E-state index contributed by atoms with van der Waals surface area (Å²) in [6, 6.07) is 8.25. The molecule has 0 N–H and O–H groups in total. The van der Waals surface area contributed by atoms with Crippen molar-refractivity contribution in [3.8, 4) is 0 Å². The normalized spacial score (nSPS) is 16.8. The van der Waals surface area contributed by atoms with E-state index in [1.165, 1.54) is 10.4 Å². The third-order valence-electron chi connectivity index (χ3n) is 3.58. The van der Waals surface area contributed by atoms with Crippen molar-refractivity contribution >= 4 is 33.2 Å². The molecule has 0 aliphatic heterocycles. The lowest BCUT2D eigenvalue weighted by Gasteiger charge is -2.07. The average Bonchev–Trinajstić information content (AvgIpc) is 2.98.